The summed E-state index contributed by atoms with van der Waals surface area (Å²) in [6.45, 7) is 9.06. The molecule has 23 heavy (non-hydrogen) atoms. The van der Waals surface area contributed by atoms with Gasteiger partial charge in [0.2, 0.25) is 0 Å². The molecule has 2 aliphatic rings. The lowest BCUT2D eigenvalue weighted by Crippen LogP contribution is -2.50. The first-order chi connectivity index (χ1) is 11.0. The largest absolute Gasteiger partial charge is 0.349 e. The van der Waals surface area contributed by atoms with Crippen LogP contribution in [0.2, 0.25) is 0 Å². The minimum Gasteiger partial charge on any atom is -0.349 e. The molecule has 2 aromatic rings. The Balaban J connectivity index is 1.90. The molecule has 0 spiro atoms. The molecule has 1 aliphatic heterocycles. The van der Waals surface area contributed by atoms with E-state index in [9.17, 15) is 0 Å². The number of nitrogens with zero attached hydrogens (tertiary/aromatic N) is 2. The van der Waals surface area contributed by atoms with Crippen molar-refractivity contribution < 1.29 is 0 Å². The smallest absolute Gasteiger partial charge is 0.0801 e. The molecule has 2 bridgehead atoms. The highest BCUT2D eigenvalue weighted by Crippen LogP contribution is 2.52. The van der Waals surface area contributed by atoms with Crippen LogP contribution >= 0.6 is 0 Å². The summed E-state index contributed by atoms with van der Waals surface area (Å²) < 4.78 is 0. The molecule has 0 amide bonds. The van der Waals surface area contributed by atoms with Gasteiger partial charge < -0.3 is 4.90 Å². The maximum Gasteiger partial charge on any atom is 0.0801 e. The summed E-state index contributed by atoms with van der Waals surface area (Å²) in [5.41, 5.74) is 8.61. The van der Waals surface area contributed by atoms with Crippen LogP contribution < -0.4 is 4.90 Å². The maximum absolute atomic E-state index is 2.65. The highest BCUT2D eigenvalue weighted by atomic mass is 15.4. The van der Waals surface area contributed by atoms with Crippen LogP contribution in [0.15, 0.2) is 36.4 Å². The van der Waals surface area contributed by atoms with Gasteiger partial charge in [0.1, 0.15) is 0 Å². The van der Waals surface area contributed by atoms with Crippen molar-refractivity contribution in [2.75, 3.05) is 11.9 Å². The van der Waals surface area contributed by atoms with Crippen LogP contribution in [0.25, 0.3) is 0 Å². The summed E-state index contributed by atoms with van der Waals surface area (Å²) in [6, 6.07) is 14.8. The molecule has 2 aromatic carbocycles. The van der Waals surface area contributed by atoms with Crippen molar-refractivity contribution in [3.8, 4) is 0 Å². The second kappa shape index (κ2) is 5.10. The monoisotopic (exact) mass is 306 g/mol. The van der Waals surface area contributed by atoms with Crippen LogP contribution in [0.1, 0.15) is 53.2 Å². The third kappa shape index (κ3) is 2.05. The van der Waals surface area contributed by atoms with Gasteiger partial charge in [-0.1, -0.05) is 30.3 Å². The van der Waals surface area contributed by atoms with Gasteiger partial charge >= 0.3 is 0 Å². The van der Waals surface area contributed by atoms with Crippen molar-refractivity contribution in [1.82, 2.24) is 4.90 Å². The third-order valence-electron chi connectivity index (χ3n) is 6.04. The number of rotatable bonds is 1. The van der Waals surface area contributed by atoms with Crippen molar-refractivity contribution in [2.45, 2.75) is 52.4 Å². The molecular weight excluding hydrogens is 280 g/mol. The van der Waals surface area contributed by atoms with E-state index in [1.54, 1.807) is 0 Å². The Hall–Kier alpha value is -1.80. The topological polar surface area (TPSA) is 6.48 Å². The summed E-state index contributed by atoms with van der Waals surface area (Å²) >= 11 is 0. The fraction of sp³-hybridized carbons (Fsp3) is 0.429. The van der Waals surface area contributed by atoms with Crippen LogP contribution in [-0.4, -0.2) is 18.1 Å². The standard InChI is InChI=1S/C21H26N2/c1-13-10-14(2)15(3)19(11-13)23-16(4)22(5)20-12-21(23)18-9-7-6-8-17(18)20/h6-11,16,20-21H,12H2,1-5H3/t16-,20?,21?/m0/s1. The number of hydrogen-bond donors (Lipinski definition) is 0. The Kier molecular flexibility index (Phi) is 3.28. The van der Waals surface area contributed by atoms with Crippen LogP contribution in [0, 0.1) is 20.8 Å². The van der Waals surface area contributed by atoms with E-state index in [1.807, 2.05) is 0 Å². The zero-order valence-corrected chi connectivity index (χ0v) is 14.8. The summed E-state index contributed by atoms with van der Waals surface area (Å²) in [4.78, 5) is 5.19. The highest BCUT2D eigenvalue weighted by molar-refractivity contribution is 5.62. The maximum atomic E-state index is 2.65. The first kappa shape index (κ1) is 14.8. The van der Waals surface area contributed by atoms with Crippen molar-refractivity contribution in [2.24, 2.45) is 0 Å². The van der Waals surface area contributed by atoms with E-state index >= 15 is 0 Å². The Morgan fingerprint density at radius 1 is 0.957 bits per heavy atom. The van der Waals surface area contributed by atoms with E-state index in [0.29, 0.717) is 18.2 Å². The Labute approximate surface area is 139 Å². The summed E-state index contributed by atoms with van der Waals surface area (Å²) in [7, 11) is 2.28. The zero-order chi connectivity index (χ0) is 16.3. The lowest BCUT2D eigenvalue weighted by molar-refractivity contribution is 0.131. The third-order valence-corrected chi connectivity index (χ3v) is 6.04. The van der Waals surface area contributed by atoms with Gasteiger partial charge in [-0.2, -0.15) is 0 Å². The van der Waals surface area contributed by atoms with Gasteiger partial charge in [0.05, 0.1) is 12.2 Å². The molecule has 0 radical (unpaired) electrons. The molecule has 1 saturated heterocycles. The summed E-state index contributed by atoms with van der Waals surface area (Å²) in [5.74, 6) is 0. The van der Waals surface area contributed by atoms with Crippen LogP contribution in [0.5, 0.6) is 0 Å². The molecular formula is C21H26N2. The van der Waals surface area contributed by atoms with Crippen LogP contribution in [0.4, 0.5) is 5.69 Å². The van der Waals surface area contributed by atoms with Crippen LogP contribution in [-0.2, 0) is 0 Å². The first-order valence-electron chi connectivity index (χ1n) is 8.66. The molecule has 0 N–H and O–H groups in total. The Morgan fingerprint density at radius 2 is 1.61 bits per heavy atom. The number of hydrogen-bond acceptors (Lipinski definition) is 2. The van der Waals surface area contributed by atoms with E-state index < -0.39 is 0 Å². The second-order valence-electron chi connectivity index (χ2n) is 7.33. The lowest BCUT2D eigenvalue weighted by atomic mass is 9.98. The summed E-state index contributed by atoms with van der Waals surface area (Å²) in [5, 5.41) is 0. The highest BCUT2D eigenvalue weighted by Gasteiger charge is 2.45. The molecule has 0 saturated carbocycles. The number of fused-ring (bicyclic) bond motifs is 5. The van der Waals surface area contributed by atoms with E-state index in [4.69, 9.17) is 0 Å². The Morgan fingerprint density at radius 3 is 2.30 bits per heavy atom. The van der Waals surface area contributed by atoms with E-state index in [1.165, 1.54) is 39.9 Å². The first-order valence-corrected chi connectivity index (χ1v) is 8.66. The minimum atomic E-state index is 0.408. The number of anilines is 1. The van der Waals surface area contributed by atoms with Crippen LogP contribution in [0.3, 0.4) is 0 Å². The van der Waals surface area contributed by atoms with E-state index in [2.05, 4.69) is 80.9 Å². The average molecular weight is 306 g/mol. The van der Waals surface area contributed by atoms with Gasteiger partial charge in [0.15, 0.2) is 0 Å². The van der Waals surface area contributed by atoms with Crippen molar-refractivity contribution in [3.63, 3.8) is 0 Å². The molecule has 2 heteroatoms. The molecule has 2 nitrogen and oxygen atoms in total. The lowest BCUT2D eigenvalue weighted by Gasteiger charge is -2.47. The fourth-order valence-corrected chi connectivity index (χ4v) is 4.60. The van der Waals surface area contributed by atoms with Crippen molar-refractivity contribution in [3.05, 3.63) is 64.2 Å². The molecule has 0 aromatic heterocycles. The number of aryl methyl sites for hydroxylation is 2. The average Bonchev–Trinajstić information content (AvgIpc) is 2.87. The Bertz CT molecular complexity index is 764. The SMILES string of the molecule is Cc1cc(C)c(C)c(N2C3CC(c4ccccc43)N(C)[C@@H]2C)c1. The molecule has 1 fully saturated rings. The predicted octanol–water partition coefficient (Wildman–Crippen LogP) is 4.90. The normalized spacial score (nSPS) is 26.5. The molecule has 1 heterocycles. The van der Waals surface area contributed by atoms with Gasteiger partial charge in [-0.05, 0) is 75.0 Å². The van der Waals surface area contributed by atoms with E-state index in [-0.39, 0.29) is 0 Å². The molecule has 1 aliphatic carbocycles. The van der Waals surface area contributed by atoms with Gasteiger partial charge in [0.25, 0.3) is 0 Å². The molecule has 2 unspecified atom stereocenters. The van der Waals surface area contributed by atoms with Gasteiger partial charge in [-0.15, -0.1) is 0 Å². The quantitative estimate of drug-likeness (QED) is 0.739. The van der Waals surface area contributed by atoms with Crippen molar-refractivity contribution >= 4 is 5.69 Å². The second-order valence-corrected chi connectivity index (χ2v) is 7.33. The van der Waals surface area contributed by atoms with E-state index in [0.717, 1.165) is 0 Å². The predicted molar refractivity (Wildman–Crippen MR) is 96.9 cm³/mol. The van der Waals surface area contributed by atoms with Crippen molar-refractivity contribution in [1.29, 1.82) is 0 Å². The van der Waals surface area contributed by atoms with Gasteiger partial charge in [0, 0.05) is 11.7 Å². The number of benzene rings is 2. The van der Waals surface area contributed by atoms with Gasteiger partial charge in [-0.25, -0.2) is 0 Å². The molecule has 3 atom stereocenters. The van der Waals surface area contributed by atoms with Gasteiger partial charge in [-0.3, -0.25) is 4.90 Å². The summed E-state index contributed by atoms with van der Waals surface area (Å²) in [6.07, 6.45) is 1.61. The minimum absolute atomic E-state index is 0.408. The molecule has 4 rings (SSSR count). The molecule has 120 valence electrons. The zero-order valence-electron chi connectivity index (χ0n) is 14.8. The fourth-order valence-electron chi connectivity index (χ4n) is 4.60.